The van der Waals surface area contributed by atoms with Crippen molar-refractivity contribution in [3.8, 4) is 11.8 Å². The number of nitrogens with zero attached hydrogens (tertiary/aromatic N) is 1. The molecule has 0 spiro atoms. The van der Waals surface area contributed by atoms with E-state index in [0.717, 1.165) is 4.47 Å². The maximum Gasteiger partial charge on any atom is 0.344 e. The Labute approximate surface area is 154 Å². The number of halogens is 1. The average molecular weight is 402 g/mol. The lowest BCUT2D eigenvalue weighted by molar-refractivity contribution is -0.146. The number of carbonyl (C=O) groups excluding carboxylic acids is 2. The third kappa shape index (κ3) is 6.40. The van der Waals surface area contributed by atoms with Crippen LogP contribution in [0.4, 0.5) is 0 Å². The predicted molar refractivity (Wildman–Crippen MR) is 95.3 cm³/mol. The molecule has 2 aromatic rings. The number of benzene rings is 2. The average Bonchev–Trinajstić information content (AvgIpc) is 2.64. The summed E-state index contributed by atoms with van der Waals surface area (Å²) in [5, 5.41) is 8.70. The van der Waals surface area contributed by atoms with Crippen molar-refractivity contribution >= 4 is 27.7 Å². The summed E-state index contributed by atoms with van der Waals surface area (Å²) < 4.78 is 11.2. The fraction of sp³-hybridized carbons (Fsp3) is 0.211. The van der Waals surface area contributed by atoms with Crippen LogP contribution in [0.15, 0.2) is 53.0 Å². The highest BCUT2D eigenvalue weighted by Crippen LogP contribution is 2.13. The van der Waals surface area contributed by atoms with E-state index in [4.69, 9.17) is 14.7 Å². The second-order valence-corrected chi connectivity index (χ2v) is 6.09. The summed E-state index contributed by atoms with van der Waals surface area (Å²) in [7, 11) is 0. The number of ether oxygens (including phenoxy) is 2. The van der Waals surface area contributed by atoms with Gasteiger partial charge in [0.15, 0.2) is 12.4 Å². The first-order chi connectivity index (χ1) is 12.1. The summed E-state index contributed by atoms with van der Waals surface area (Å²) in [6.45, 7) is -0.0512. The SMILES string of the molecule is N#Cc1ccc(OCC(=O)OCCCC(=O)c2ccc(Br)cc2)cc1. The highest BCUT2D eigenvalue weighted by atomic mass is 79.9. The zero-order chi connectivity index (χ0) is 18.1. The van der Waals surface area contributed by atoms with Gasteiger partial charge in [-0.3, -0.25) is 4.79 Å². The largest absolute Gasteiger partial charge is 0.482 e. The quantitative estimate of drug-likeness (QED) is 0.380. The summed E-state index contributed by atoms with van der Waals surface area (Å²) in [6.07, 6.45) is 0.767. The molecule has 25 heavy (non-hydrogen) atoms. The molecule has 5 nitrogen and oxygen atoms in total. The van der Waals surface area contributed by atoms with Gasteiger partial charge in [0.1, 0.15) is 5.75 Å². The number of carbonyl (C=O) groups is 2. The highest BCUT2D eigenvalue weighted by molar-refractivity contribution is 9.10. The lowest BCUT2D eigenvalue weighted by atomic mass is 10.1. The molecule has 0 aliphatic carbocycles. The fourth-order valence-electron chi connectivity index (χ4n) is 2.01. The number of hydrogen-bond acceptors (Lipinski definition) is 5. The van der Waals surface area contributed by atoms with Crippen LogP contribution in [0.25, 0.3) is 0 Å². The first kappa shape index (κ1) is 18.7. The molecule has 0 saturated carbocycles. The topological polar surface area (TPSA) is 76.4 Å². The molecule has 0 bridgehead atoms. The van der Waals surface area contributed by atoms with Crippen LogP contribution in [0, 0.1) is 11.3 Å². The van der Waals surface area contributed by atoms with Gasteiger partial charge in [-0.1, -0.05) is 28.1 Å². The number of esters is 1. The van der Waals surface area contributed by atoms with Crippen LogP contribution in [-0.4, -0.2) is 25.0 Å². The molecule has 0 radical (unpaired) electrons. The molecule has 2 rings (SSSR count). The number of nitriles is 1. The minimum Gasteiger partial charge on any atom is -0.482 e. The van der Waals surface area contributed by atoms with Gasteiger partial charge < -0.3 is 9.47 Å². The number of Topliss-reactive ketones (excluding diaryl/α,β-unsaturated/α-hetero) is 1. The van der Waals surface area contributed by atoms with Crippen molar-refractivity contribution < 1.29 is 19.1 Å². The lowest BCUT2D eigenvalue weighted by Gasteiger charge is -2.07. The Kier molecular flexibility index (Phi) is 7.17. The fourth-order valence-corrected chi connectivity index (χ4v) is 2.27. The molecule has 0 aromatic heterocycles. The summed E-state index contributed by atoms with van der Waals surface area (Å²) in [5.41, 5.74) is 1.16. The van der Waals surface area contributed by atoms with Crippen LogP contribution < -0.4 is 4.74 Å². The zero-order valence-electron chi connectivity index (χ0n) is 13.4. The van der Waals surface area contributed by atoms with E-state index < -0.39 is 5.97 Å². The first-order valence-electron chi connectivity index (χ1n) is 7.66. The van der Waals surface area contributed by atoms with E-state index in [1.54, 1.807) is 36.4 Å². The van der Waals surface area contributed by atoms with E-state index in [1.807, 2.05) is 18.2 Å². The van der Waals surface area contributed by atoms with E-state index in [9.17, 15) is 9.59 Å². The lowest BCUT2D eigenvalue weighted by Crippen LogP contribution is -2.16. The van der Waals surface area contributed by atoms with Crippen molar-refractivity contribution in [3.05, 3.63) is 64.1 Å². The molecule has 0 aliphatic heterocycles. The second kappa shape index (κ2) is 9.60. The van der Waals surface area contributed by atoms with Gasteiger partial charge in [-0.15, -0.1) is 0 Å². The number of rotatable bonds is 8. The smallest absolute Gasteiger partial charge is 0.344 e. The summed E-state index contributed by atoms with van der Waals surface area (Å²) in [4.78, 5) is 23.6. The normalized spacial score (nSPS) is 9.92. The molecule has 0 fully saturated rings. The Morgan fingerprint density at radius 3 is 2.36 bits per heavy atom. The summed E-state index contributed by atoms with van der Waals surface area (Å²) in [5.74, 6) is -0.000742. The van der Waals surface area contributed by atoms with Crippen molar-refractivity contribution in [1.82, 2.24) is 0 Å². The number of ketones is 1. The molecule has 0 amide bonds. The molecule has 0 aliphatic rings. The van der Waals surface area contributed by atoms with Gasteiger partial charge in [-0.05, 0) is 42.8 Å². The molecule has 6 heteroatoms. The van der Waals surface area contributed by atoms with Gasteiger partial charge in [0.2, 0.25) is 0 Å². The van der Waals surface area contributed by atoms with Gasteiger partial charge in [-0.2, -0.15) is 5.26 Å². The first-order valence-corrected chi connectivity index (χ1v) is 8.45. The summed E-state index contributed by atoms with van der Waals surface area (Å²) in [6, 6.07) is 15.6. The van der Waals surface area contributed by atoms with Crippen molar-refractivity contribution in [1.29, 1.82) is 5.26 Å². The Morgan fingerprint density at radius 2 is 1.72 bits per heavy atom. The molecule has 0 atom stereocenters. The van der Waals surface area contributed by atoms with E-state index in [0.29, 0.717) is 29.7 Å². The highest BCUT2D eigenvalue weighted by Gasteiger charge is 2.08. The maximum atomic E-state index is 12.0. The third-order valence-electron chi connectivity index (χ3n) is 3.32. The monoisotopic (exact) mass is 401 g/mol. The van der Waals surface area contributed by atoms with Gasteiger partial charge in [0, 0.05) is 16.5 Å². The predicted octanol–water partition coefficient (Wildman–Crippen LogP) is 3.91. The van der Waals surface area contributed by atoms with Crippen LogP contribution in [0.2, 0.25) is 0 Å². The van der Waals surface area contributed by atoms with Gasteiger partial charge in [-0.25, -0.2) is 4.79 Å². The third-order valence-corrected chi connectivity index (χ3v) is 3.85. The molecule has 0 saturated heterocycles. The maximum absolute atomic E-state index is 12.0. The van der Waals surface area contributed by atoms with Crippen LogP contribution in [0.1, 0.15) is 28.8 Å². The van der Waals surface area contributed by atoms with Crippen molar-refractivity contribution in [3.63, 3.8) is 0 Å². The van der Waals surface area contributed by atoms with Gasteiger partial charge >= 0.3 is 5.97 Å². The summed E-state index contributed by atoms with van der Waals surface area (Å²) >= 11 is 3.32. The van der Waals surface area contributed by atoms with E-state index in [-0.39, 0.29) is 19.0 Å². The Morgan fingerprint density at radius 1 is 1.04 bits per heavy atom. The Bertz CT molecular complexity index is 764. The molecule has 0 N–H and O–H groups in total. The zero-order valence-corrected chi connectivity index (χ0v) is 15.0. The Hall–Kier alpha value is -2.65. The minimum atomic E-state index is -0.500. The van der Waals surface area contributed by atoms with Crippen LogP contribution in [-0.2, 0) is 9.53 Å². The molecule has 128 valence electrons. The van der Waals surface area contributed by atoms with Crippen molar-refractivity contribution in [2.75, 3.05) is 13.2 Å². The molecular weight excluding hydrogens is 386 g/mol. The van der Waals surface area contributed by atoms with Gasteiger partial charge in [0.05, 0.1) is 18.2 Å². The second-order valence-electron chi connectivity index (χ2n) is 5.18. The van der Waals surface area contributed by atoms with Crippen LogP contribution in [0.5, 0.6) is 5.75 Å². The molecule has 0 unspecified atom stereocenters. The van der Waals surface area contributed by atoms with Crippen LogP contribution >= 0.6 is 15.9 Å². The van der Waals surface area contributed by atoms with Gasteiger partial charge in [0.25, 0.3) is 0 Å². The minimum absolute atomic E-state index is 0.0115. The molecule has 0 heterocycles. The molecule has 2 aromatic carbocycles. The number of hydrogen-bond donors (Lipinski definition) is 0. The van der Waals surface area contributed by atoms with E-state index in [1.165, 1.54) is 0 Å². The Balaban J connectivity index is 1.64. The van der Waals surface area contributed by atoms with Crippen molar-refractivity contribution in [2.45, 2.75) is 12.8 Å². The van der Waals surface area contributed by atoms with Crippen molar-refractivity contribution in [2.24, 2.45) is 0 Å². The van der Waals surface area contributed by atoms with E-state index >= 15 is 0 Å². The standard InChI is InChI=1S/C19H16BrNO4/c20-16-7-5-15(6-8-16)18(22)2-1-11-24-19(23)13-25-17-9-3-14(12-21)4-10-17/h3-10H,1-2,11,13H2. The van der Waals surface area contributed by atoms with E-state index in [2.05, 4.69) is 15.9 Å². The van der Waals surface area contributed by atoms with Crippen LogP contribution in [0.3, 0.4) is 0 Å². The molecular formula is C19H16BrNO4.